The Hall–Kier alpha value is -1.99. The highest BCUT2D eigenvalue weighted by atomic mass is 127. The molecule has 0 saturated heterocycles. The molecule has 0 unspecified atom stereocenters. The van der Waals surface area contributed by atoms with Crippen molar-refractivity contribution in [3.63, 3.8) is 0 Å². The van der Waals surface area contributed by atoms with Crippen molar-refractivity contribution >= 4 is 40.0 Å². The molecule has 0 aromatic heterocycles. The molecule has 0 aliphatic rings. The minimum absolute atomic E-state index is 0.112. The third-order valence-electron chi connectivity index (χ3n) is 3.25. The van der Waals surface area contributed by atoms with Gasteiger partial charge in [-0.2, -0.15) is 0 Å². The smallest absolute Gasteiger partial charge is 0.238 e. The first-order valence-corrected chi connectivity index (χ1v) is 8.59. The van der Waals surface area contributed by atoms with E-state index in [2.05, 4.69) is 39.8 Å². The molecule has 4 nitrogen and oxygen atoms in total. The lowest BCUT2D eigenvalue weighted by Crippen LogP contribution is -2.29. The molecule has 2 rings (SSSR count). The zero-order valence-electron chi connectivity index (χ0n) is 13.4. The molecule has 24 heavy (non-hydrogen) atoms. The van der Waals surface area contributed by atoms with Gasteiger partial charge in [0.1, 0.15) is 0 Å². The number of hydrogen-bond donors (Lipinski definition) is 2. The number of carbonyl (C=O) groups is 2. The van der Waals surface area contributed by atoms with E-state index in [0.29, 0.717) is 23.4 Å². The van der Waals surface area contributed by atoms with Gasteiger partial charge in [0.2, 0.25) is 5.91 Å². The van der Waals surface area contributed by atoms with Crippen molar-refractivity contribution in [2.24, 2.45) is 0 Å². The van der Waals surface area contributed by atoms with E-state index in [9.17, 15) is 9.59 Å². The molecule has 2 aromatic rings. The van der Waals surface area contributed by atoms with Crippen LogP contribution in [0.15, 0.2) is 60.7 Å². The molecule has 0 aliphatic carbocycles. The van der Waals surface area contributed by atoms with Crippen LogP contribution < -0.4 is 10.6 Å². The van der Waals surface area contributed by atoms with E-state index < -0.39 is 0 Å². The summed E-state index contributed by atoms with van der Waals surface area (Å²) in [6.07, 6.45) is 0. The van der Waals surface area contributed by atoms with Gasteiger partial charge in [-0.05, 0) is 47.7 Å². The summed E-state index contributed by atoms with van der Waals surface area (Å²) in [5.41, 5.74) is 2.56. The molecule has 0 spiro atoms. The molecule has 0 bridgehead atoms. The lowest BCUT2D eigenvalue weighted by molar-refractivity contribution is -0.115. The third kappa shape index (κ3) is 5.28. The number of halogens is 1. The molecule has 1 amide bonds. The van der Waals surface area contributed by atoms with Crippen LogP contribution in [0.5, 0.6) is 0 Å². The lowest BCUT2D eigenvalue weighted by atomic mass is 10.0. The number of carbonyl (C=O) groups excluding carboxylic acids is 2. The zero-order chi connectivity index (χ0) is 17.5. The molecular weight excluding hydrogens is 415 g/mol. The Morgan fingerprint density at radius 2 is 1.79 bits per heavy atom. The van der Waals surface area contributed by atoms with E-state index in [1.165, 1.54) is 0 Å². The summed E-state index contributed by atoms with van der Waals surface area (Å²) in [6, 6.07) is 14.4. The van der Waals surface area contributed by atoms with Crippen molar-refractivity contribution in [1.29, 1.82) is 0 Å². The van der Waals surface area contributed by atoms with Gasteiger partial charge in [-0.25, -0.2) is 0 Å². The van der Waals surface area contributed by atoms with Crippen molar-refractivity contribution in [3.05, 3.63) is 75.4 Å². The second-order valence-electron chi connectivity index (χ2n) is 5.49. The number of nitrogens with one attached hydrogen (secondary N) is 2. The third-order valence-corrected chi connectivity index (χ3v) is 3.92. The summed E-state index contributed by atoms with van der Waals surface area (Å²) in [7, 11) is 0. The first-order chi connectivity index (χ1) is 11.5. The fraction of sp³-hybridized carbons (Fsp3) is 0.158. The van der Waals surface area contributed by atoms with Crippen LogP contribution in [0.2, 0.25) is 0 Å². The zero-order valence-corrected chi connectivity index (χ0v) is 15.6. The molecule has 0 aliphatic heterocycles. The van der Waals surface area contributed by atoms with Crippen molar-refractivity contribution in [2.75, 3.05) is 18.4 Å². The molecule has 2 aromatic carbocycles. The van der Waals surface area contributed by atoms with Gasteiger partial charge in [-0.15, -0.1) is 0 Å². The quantitative estimate of drug-likeness (QED) is 0.398. The second kappa shape index (κ2) is 8.75. The Bertz CT molecular complexity index is 757. The number of ketones is 1. The minimum Gasteiger partial charge on any atom is -0.324 e. The van der Waals surface area contributed by atoms with E-state index in [1.54, 1.807) is 24.3 Å². The van der Waals surface area contributed by atoms with Gasteiger partial charge in [0.15, 0.2) is 5.78 Å². The van der Waals surface area contributed by atoms with Crippen LogP contribution in [0, 0.1) is 3.57 Å². The number of amides is 1. The number of anilines is 1. The number of rotatable bonds is 7. The van der Waals surface area contributed by atoms with Crippen LogP contribution in [-0.2, 0) is 4.79 Å². The summed E-state index contributed by atoms with van der Waals surface area (Å²) >= 11 is 2.15. The summed E-state index contributed by atoms with van der Waals surface area (Å²) in [4.78, 5) is 24.8. The Labute approximate surface area is 155 Å². The Balaban J connectivity index is 2.17. The predicted molar refractivity (Wildman–Crippen MR) is 105 cm³/mol. The highest BCUT2D eigenvalue weighted by molar-refractivity contribution is 14.1. The first kappa shape index (κ1) is 18.4. The number of hydrogen-bond acceptors (Lipinski definition) is 3. The number of benzene rings is 2. The van der Waals surface area contributed by atoms with Gasteiger partial charge >= 0.3 is 0 Å². The van der Waals surface area contributed by atoms with Crippen LogP contribution in [0.4, 0.5) is 5.69 Å². The van der Waals surface area contributed by atoms with Gasteiger partial charge < -0.3 is 10.6 Å². The van der Waals surface area contributed by atoms with Gasteiger partial charge in [-0.1, -0.05) is 42.5 Å². The van der Waals surface area contributed by atoms with Crippen LogP contribution >= 0.6 is 22.6 Å². The SMILES string of the molecule is C=C(C)CNCC(=O)Nc1ccc(I)cc1C(=O)c1ccccc1. The maximum atomic E-state index is 12.7. The van der Waals surface area contributed by atoms with Crippen molar-refractivity contribution in [2.45, 2.75) is 6.92 Å². The molecule has 0 saturated carbocycles. The summed E-state index contributed by atoms with van der Waals surface area (Å²) in [6.45, 7) is 6.41. The van der Waals surface area contributed by atoms with Crippen LogP contribution in [-0.4, -0.2) is 24.8 Å². The second-order valence-corrected chi connectivity index (χ2v) is 6.74. The van der Waals surface area contributed by atoms with Gasteiger partial charge in [0.05, 0.1) is 12.2 Å². The van der Waals surface area contributed by atoms with Gasteiger partial charge in [0.25, 0.3) is 0 Å². The first-order valence-electron chi connectivity index (χ1n) is 7.51. The Morgan fingerprint density at radius 3 is 2.46 bits per heavy atom. The highest BCUT2D eigenvalue weighted by Gasteiger charge is 2.15. The van der Waals surface area contributed by atoms with E-state index in [0.717, 1.165) is 9.14 Å². The van der Waals surface area contributed by atoms with Crippen molar-refractivity contribution in [1.82, 2.24) is 5.32 Å². The summed E-state index contributed by atoms with van der Waals surface area (Å²) in [5.74, 6) is -0.307. The van der Waals surface area contributed by atoms with Crippen molar-refractivity contribution < 1.29 is 9.59 Å². The van der Waals surface area contributed by atoms with Gasteiger partial charge in [-0.3, -0.25) is 9.59 Å². The van der Waals surface area contributed by atoms with Crippen LogP contribution in [0.25, 0.3) is 0 Å². The standard InChI is InChI=1S/C19H19IN2O2/c1-13(2)11-21-12-18(23)22-17-9-8-15(20)10-16(17)19(24)14-6-4-3-5-7-14/h3-10,21H,1,11-12H2,2H3,(H,22,23). The molecule has 5 heteroatoms. The summed E-state index contributed by atoms with van der Waals surface area (Å²) in [5, 5.41) is 5.81. The fourth-order valence-electron chi connectivity index (χ4n) is 2.14. The van der Waals surface area contributed by atoms with Gasteiger partial charge in [0, 0.05) is 21.2 Å². The monoisotopic (exact) mass is 434 g/mol. The molecule has 0 heterocycles. The van der Waals surface area contributed by atoms with Crippen LogP contribution in [0.1, 0.15) is 22.8 Å². The largest absolute Gasteiger partial charge is 0.324 e. The van der Waals surface area contributed by atoms with E-state index in [-0.39, 0.29) is 18.2 Å². The molecular formula is C19H19IN2O2. The lowest BCUT2D eigenvalue weighted by Gasteiger charge is -2.12. The van der Waals surface area contributed by atoms with Crippen molar-refractivity contribution in [3.8, 4) is 0 Å². The topological polar surface area (TPSA) is 58.2 Å². The molecule has 2 N–H and O–H groups in total. The molecule has 0 fully saturated rings. The molecule has 0 atom stereocenters. The molecule has 124 valence electrons. The maximum Gasteiger partial charge on any atom is 0.238 e. The Morgan fingerprint density at radius 1 is 1.08 bits per heavy atom. The predicted octanol–water partition coefficient (Wildman–Crippen LogP) is 3.63. The fourth-order valence-corrected chi connectivity index (χ4v) is 2.63. The summed E-state index contributed by atoms with van der Waals surface area (Å²) < 4.78 is 0.935. The average molecular weight is 434 g/mol. The Kier molecular flexibility index (Phi) is 6.69. The average Bonchev–Trinajstić information content (AvgIpc) is 2.56. The molecule has 0 radical (unpaired) electrons. The highest BCUT2D eigenvalue weighted by Crippen LogP contribution is 2.22. The van der Waals surface area contributed by atoms with Crippen LogP contribution in [0.3, 0.4) is 0 Å². The van der Waals surface area contributed by atoms with E-state index in [1.807, 2.05) is 31.2 Å². The maximum absolute atomic E-state index is 12.7. The van der Waals surface area contributed by atoms with E-state index >= 15 is 0 Å². The normalized spacial score (nSPS) is 10.2. The minimum atomic E-state index is -0.195. The van der Waals surface area contributed by atoms with E-state index in [4.69, 9.17) is 0 Å².